The summed E-state index contributed by atoms with van der Waals surface area (Å²) in [6, 6.07) is 17.2. The highest BCUT2D eigenvalue weighted by atomic mass is 19.1. The van der Waals surface area contributed by atoms with Crippen LogP contribution >= 0.6 is 0 Å². The van der Waals surface area contributed by atoms with E-state index in [1.54, 1.807) is 25.3 Å². The minimum absolute atomic E-state index is 0.0869. The van der Waals surface area contributed by atoms with E-state index in [1.807, 2.05) is 12.1 Å². The Morgan fingerprint density at radius 3 is 1.74 bits per heavy atom. The molecule has 0 aliphatic rings. The molecule has 180 valence electrons. The van der Waals surface area contributed by atoms with Gasteiger partial charge in [0.1, 0.15) is 11.5 Å². The van der Waals surface area contributed by atoms with Crippen LogP contribution in [0.25, 0.3) is 33.6 Å². The van der Waals surface area contributed by atoms with Crippen LogP contribution in [0, 0.1) is 18.6 Å². The molecule has 0 saturated heterocycles. The molecule has 0 saturated carbocycles. The van der Waals surface area contributed by atoms with Crippen molar-refractivity contribution in [1.82, 2.24) is 9.97 Å². The van der Waals surface area contributed by atoms with Gasteiger partial charge in [-0.15, -0.1) is 0 Å². The summed E-state index contributed by atoms with van der Waals surface area (Å²) in [5.41, 5.74) is 6.90. The highest BCUT2D eigenvalue weighted by molar-refractivity contribution is 5.91. The van der Waals surface area contributed by atoms with Crippen molar-refractivity contribution in [3.8, 4) is 33.6 Å². The predicted molar refractivity (Wildman–Crippen MR) is 140 cm³/mol. The van der Waals surface area contributed by atoms with Gasteiger partial charge in [-0.3, -0.25) is 9.97 Å². The second-order valence-electron chi connectivity index (χ2n) is 11.2. The molecule has 0 aliphatic carbocycles. The van der Waals surface area contributed by atoms with Gasteiger partial charge in [0.25, 0.3) is 0 Å². The molecule has 0 spiro atoms. The van der Waals surface area contributed by atoms with Crippen molar-refractivity contribution in [3.63, 3.8) is 0 Å². The van der Waals surface area contributed by atoms with Crippen LogP contribution in [0.2, 0.25) is 0 Å². The monoisotopic (exact) mass is 470 g/mol. The van der Waals surface area contributed by atoms with Crippen LogP contribution in [0.1, 0.15) is 58.2 Å². The van der Waals surface area contributed by atoms with Gasteiger partial charge in [-0.05, 0) is 75.9 Å². The zero-order valence-electron chi connectivity index (χ0n) is 21.5. The Kier molecular flexibility index (Phi) is 6.35. The third-order valence-corrected chi connectivity index (χ3v) is 6.40. The van der Waals surface area contributed by atoms with E-state index in [1.165, 1.54) is 12.3 Å². The van der Waals surface area contributed by atoms with Crippen molar-refractivity contribution < 1.29 is 8.78 Å². The molecule has 0 bridgehead atoms. The lowest BCUT2D eigenvalue weighted by Gasteiger charge is -2.24. The SMILES string of the molecule is Cc1ccnc(-c2cc(C(C)(C)C)ccc2-c2ccc(C(C)(C)C)cc2-c2ccc(F)cn2)c1F. The number of rotatable bonds is 3. The average Bonchev–Trinajstić information content (AvgIpc) is 2.79. The molecular weight excluding hydrogens is 438 g/mol. The molecule has 0 N–H and O–H groups in total. The Morgan fingerprint density at radius 1 is 0.629 bits per heavy atom. The Bertz CT molecular complexity index is 1370. The fourth-order valence-electron chi connectivity index (χ4n) is 4.16. The molecule has 0 aliphatic heterocycles. The van der Waals surface area contributed by atoms with Gasteiger partial charge in [-0.2, -0.15) is 0 Å². The summed E-state index contributed by atoms with van der Waals surface area (Å²) in [4.78, 5) is 8.83. The molecule has 0 unspecified atom stereocenters. The van der Waals surface area contributed by atoms with Gasteiger partial charge in [0.15, 0.2) is 5.82 Å². The topological polar surface area (TPSA) is 25.8 Å². The largest absolute Gasteiger partial charge is 0.253 e. The van der Waals surface area contributed by atoms with Gasteiger partial charge in [-0.1, -0.05) is 65.8 Å². The highest BCUT2D eigenvalue weighted by Crippen LogP contribution is 2.41. The molecule has 0 atom stereocenters. The molecule has 2 heterocycles. The fourth-order valence-corrected chi connectivity index (χ4v) is 4.16. The number of hydrogen-bond acceptors (Lipinski definition) is 2. The molecule has 0 fully saturated rings. The molecule has 4 heteroatoms. The number of aromatic nitrogens is 2. The maximum Gasteiger partial charge on any atom is 0.152 e. The normalized spacial score (nSPS) is 12.1. The summed E-state index contributed by atoms with van der Waals surface area (Å²) >= 11 is 0. The van der Waals surface area contributed by atoms with Crippen LogP contribution in [0.15, 0.2) is 67.0 Å². The highest BCUT2D eigenvalue weighted by Gasteiger charge is 2.23. The third kappa shape index (κ3) is 5.02. The van der Waals surface area contributed by atoms with E-state index in [4.69, 9.17) is 0 Å². The van der Waals surface area contributed by atoms with Crippen molar-refractivity contribution in [2.45, 2.75) is 59.3 Å². The fraction of sp³-hybridized carbons (Fsp3) is 0.290. The molecule has 2 aromatic carbocycles. The first kappa shape index (κ1) is 24.7. The van der Waals surface area contributed by atoms with Crippen molar-refractivity contribution in [3.05, 3.63) is 95.3 Å². The summed E-state index contributed by atoms with van der Waals surface area (Å²) in [5, 5.41) is 0. The molecule has 4 rings (SSSR count). The van der Waals surface area contributed by atoms with Crippen LogP contribution in [0.3, 0.4) is 0 Å². The maximum atomic E-state index is 15.4. The van der Waals surface area contributed by atoms with Crippen molar-refractivity contribution in [2.75, 3.05) is 0 Å². The van der Waals surface area contributed by atoms with Crippen LogP contribution in [0.5, 0.6) is 0 Å². The minimum atomic E-state index is -0.386. The Morgan fingerprint density at radius 2 is 1.20 bits per heavy atom. The molecule has 2 nitrogen and oxygen atoms in total. The average molecular weight is 471 g/mol. The van der Waals surface area contributed by atoms with Crippen molar-refractivity contribution in [2.24, 2.45) is 0 Å². The van der Waals surface area contributed by atoms with Gasteiger partial charge < -0.3 is 0 Å². The first-order valence-electron chi connectivity index (χ1n) is 11.9. The van der Waals surface area contributed by atoms with E-state index < -0.39 is 0 Å². The second kappa shape index (κ2) is 8.99. The number of nitrogens with zero attached hydrogens (tertiary/aromatic N) is 2. The van der Waals surface area contributed by atoms with Crippen molar-refractivity contribution >= 4 is 0 Å². The summed E-state index contributed by atoms with van der Waals surface area (Å²) < 4.78 is 29.1. The molecule has 2 aromatic heterocycles. The van der Waals surface area contributed by atoms with E-state index in [0.29, 0.717) is 17.0 Å². The van der Waals surface area contributed by atoms with Gasteiger partial charge in [0, 0.05) is 17.3 Å². The van der Waals surface area contributed by atoms with Crippen molar-refractivity contribution in [1.29, 1.82) is 0 Å². The summed E-state index contributed by atoms with van der Waals surface area (Å²) in [5.74, 6) is -0.712. The number of hydrogen-bond donors (Lipinski definition) is 0. The molecule has 0 radical (unpaired) electrons. The smallest absolute Gasteiger partial charge is 0.152 e. The van der Waals surface area contributed by atoms with Crippen LogP contribution in [-0.4, -0.2) is 9.97 Å². The first-order chi connectivity index (χ1) is 16.4. The Balaban J connectivity index is 2.06. The zero-order chi connectivity index (χ0) is 25.5. The maximum absolute atomic E-state index is 15.4. The summed E-state index contributed by atoms with van der Waals surface area (Å²) in [6.07, 6.45) is 2.88. The van der Waals surface area contributed by atoms with E-state index in [-0.39, 0.29) is 22.5 Å². The quantitative estimate of drug-likeness (QED) is 0.299. The van der Waals surface area contributed by atoms with Crippen LogP contribution in [0.4, 0.5) is 8.78 Å². The summed E-state index contributed by atoms with van der Waals surface area (Å²) in [6.45, 7) is 14.6. The van der Waals surface area contributed by atoms with E-state index >= 15 is 4.39 Å². The standard InChI is InChI=1S/C31H32F2N2/c1-19-14-15-34-29(28(19)33)26-17-21(31(5,6)7)9-12-24(26)23-11-8-20(30(2,3)4)16-25(23)27-13-10-22(32)18-35-27/h8-18H,1-7H3. The van der Waals surface area contributed by atoms with E-state index in [0.717, 1.165) is 33.4 Å². The second-order valence-corrected chi connectivity index (χ2v) is 11.2. The number of pyridine rings is 2. The lowest BCUT2D eigenvalue weighted by molar-refractivity contribution is 0.589. The van der Waals surface area contributed by atoms with Crippen LogP contribution < -0.4 is 0 Å². The zero-order valence-corrected chi connectivity index (χ0v) is 21.5. The number of benzene rings is 2. The van der Waals surface area contributed by atoms with Gasteiger partial charge >= 0.3 is 0 Å². The van der Waals surface area contributed by atoms with E-state index in [9.17, 15) is 4.39 Å². The van der Waals surface area contributed by atoms with Crippen LogP contribution in [-0.2, 0) is 10.8 Å². The first-order valence-corrected chi connectivity index (χ1v) is 11.9. The van der Waals surface area contributed by atoms with E-state index in [2.05, 4.69) is 75.8 Å². The lowest BCUT2D eigenvalue weighted by Crippen LogP contribution is -2.12. The molecule has 35 heavy (non-hydrogen) atoms. The Hall–Kier alpha value is -3.40. The third-order valence-electron chi connectivity index (χ3n) is 6.40. The van der Waals surface area contributed by atoms with Gasteiger partial charge in [-0.25, -0.2) is 8.78 Å². The lowest BCUT2D eigenvalue weighted by atomic mass is 9.81. The molecular formula is C31H32F2N2. The predicted octanol–water partition coefficient (Wildman–Crippen LogP) is 8.66. The minimum Gasteiger partial charge on any atom is -0.253 e. The molecule has 0 amide bonds. The Labute approximate surface area is 207 Å². The summed E-state index contributed by atoms with van der Waals surface area (Å²) in [7, 11) is 0. The van der Waals surface area contributed by atoms with Gasteiger partial charge in [0.05, 0.1) is 11.9 Å². The number of halogens is 2. The number of aryl methyl sites for hydroxylation is 1. The van der Waals surface area contributed by atoms with Gasteiger partial charge in [0.2, 0.25) is 0 Å². The molecule has 4 aromatic rings.